The van der Waals surface area contributed by atoms with E-state index in [1.807, 2.05) is 0 Å². The lowest BCUT2D eigenvalue weighted by Crippen LogP contribution is -2.44. The molecular weight excluding hydrogens is 358 g/mol. The van der Waals surface area contributed by atoms with Gasteiger partial charge in [-0.15, -0.1) is 0 Å². The van der Waals surface area contributed by atoms with Gasteiger partial charge in [0.05, 0.1) is 6.10 Å². The summed E-state index contributed by atoms with van der Waals surface area (Å²) in [5.41, 5.74) is 0.221. The Balaban J connectivity index is 2.19. The second kappa shape index (κ2) is 8.61. The summed E-state index contributed by atoms with van der Waals surface area (Å²) in [6.45, 7) is 10.1. The van der Waals surface area contributed by atoms with E-state index in [9.17, 15) is 14.7 Å². The molecule has 2 rings (SSSR count). The molecule has 1 saturated carbocycles. The zero-order valence-electron chi connectivity index (χ0n) is 16.1. The molecule has 0 spiro atoms. The molecule has 1 fully saturated rings. The maximum absolute atomic E-state index is 12.0. The van der Waals surface area contributed by atoms with Gasteiger partial charge in [0.1, 0.15) is 11.7 Å². The molecule has 1 aliphatic heterocycles. The lowest BCUT2D eigenvalue weighted by Gasteiger charge is -2.38. The average molecular weight is 388 g/mol. The van der Waals surface area contributed by atoms with Crippen molar-refractivity contribution in [2.24, 2.45) is 23.7 Å². The van der Waals surface area contributed by atoms with Gasteiger partial charge >= 0.3 is 11.9 Å². The first-order valence-corrected chi connectivity index (χ1v) is 9.75. The van der Waals surface area contributed by atoms with Gasteiger partial charge in [0.2, 0.25) is 6.29 Å². The molecule has 0 saturated heterocycles. The quantitative estimate of drug-likeness (QED) is 0.650. The van der Waals surface area contributed by atoms with E-state index in [2.05, 4.69) is 26.1 Å². The van der Waals surface area contributed by atoms with E-state index < -0.39 is 24.3 Å². The summed E-state index contributed by atoms with van der Waals surface area (Å²) < 4.78 is 11.5. The summed E-state index contributed by atoms with van der Waals surface area (Å²) in [6, 6.07) is -0.884. The molecule has 148 valence electrons. The number of carboxylic acids is 1. The van der Waals surface area contributed by atoms with Gasteiger partial charge in [0, 0.05) is 0 Å². The summed E-state index contributed by atoms with van der Waals surface area (Å²) in [5.74, 6) is -0.545. The van der Waals surface area contributed by atoms with Crippen LogP contribution in [0.25, 0.3) is 0 Å². The molecule has 2 N–H and O–H groups in total. The summed E-state index contributed by atoms with van der Waals surface area (Å²) in [5, 5.41) is 12.2. The van der Waals surface area contributed by atoms with Crippen LogP contribution in [0, 0.1) is 23.7 Å². The average Bonchev–Trinajstić information content (AvgIpc) is 2.78. The highest BCUT2D eigenvalue weighted by Crippen LogP contribution is 2.38. The van der Waals surface area contributed by atoms with Crippen LogP contribution in [0.4, 0.5) is 0 Å². The third-order valence-electron chi connectivity index (χ3n) is 5.37. The van der Waals surface area contributed by atoms with Crippen molar-refractivity contribution in [2.75, 3.05) is 0 Å². The highest BCUT2D eigenvalue weighted by molar-refractivity contribution is 6.42. The summed E-state index contributed by atoms with van der Waals surface area (Å²) in [4.78, 5) is 23.5. The topological polar surface area (TPSA) is 84.9 Å². The number of hydrogen-bond donors (Lipinski definition) is 2. The van der Waals surface area contributed by atoms with Crippen molar-refractivity contribution < 1.29 is 24.2 Å². The number of cyclic esters (lactones) is 1. The fourth-order valence-corrected chi connectivity index (χ4v) is 3.95. The first-order valence-electron chi connectivity index (χ1n) is 9.37. The molecule has 2 aliphatic rings. The smallest absolute Gasteiger partial charge is 0.354 e. The minimum atomic E-state index is -1.01. The molecule has 7 heteroatoms. The van der Waals surface area contributed by atoms with Gasteiger partial charge in [-0.05, 0) is 36.5 Å². The predicted octanol–water partition coefficient (Wildman–Crippen LogP) is 3.50. The van der Waals surface area contributed by atoms with Crippen LogP contribution in [0.15, 0.2) is 10.7 Å². The number of carboxylic acid groups (broad SMARTS) is 1. The Hall–Kier alpha value is -1.27. The normalized spacial score (nSPS) is 30.7. The Kier molecular flexibility index (Phi) is 6.97. The number of ether oxygens (including phenoxy) is 2. The summed E-state index contributed by atoms with van der Waals surface area (Å²) >= 11 is 6.09. The van der Waals surface area contributed by atoms with E-state index in [4.69, 9.17) is 21.1 Å². The van der Waals surface area contributed by atoms with E-state index in [1.54, 1.807) is 13.8 Å². The Morgan fingerprint density at radius 1 is 1.31 bits per heavy atom. The van der Waals surface area contributed by atoms with E-state index in [0.29, 0.717) is 17.8 Å². The van der Waals surface area contributed by atoms with Crippen molar-refractivity contribution in [3.63, 3.8) is 0 Å². The molecule has 0 amide bonds. The van der Waals surface area contributed by atoms with Gasteiger partial charge in [-0.2, -0.15) is 0 Å². The zero-order valence-corrected chi connectivity index (χ0v) is 16.9. The number of carbonyl (C=O) groups is 2. The van der Waals surface area contributed by atoms with Gasteiger partial charge in [0.25, 0.3) is 0 Å². The molecule has 1 aliphatic carbocycles. The molecule has 26 heavy (non-hydrogen) atoms. The fraction of sp³-hybridized carbons (Fsp3) is 0.789. The zero-order chi connectivity index (χ0) is 19.6. The molecule has 0 aromatic rings. The highest BCUT2D eigenvalue weighted by Gasteiger charge is 2.41. The van der Waals surface area contributed by atoms with E-state index >= 15 is 0 Å². The SMILES string of the molecule is CC(C)[C@H](NC1=C(Cl)C(=O)O[C@@H]1O[C@@H]1C[C@H](C)CC[C@H]1C(C)C)C(=O)O. The Morgan fingerprint density at radius 3 is 2.50 bits per heavy atom. The van der Waals surface area contributed by atoms with E-state index in [0.717, 1.165) is 19.3 Å². The van der Waals surface area contributed by atoms with Crippen molar-refractivity contribution in [1.82, 2.24) is 5.32 Å². The van der Waals surface area contributed by atoms with Crippen molar-refractivity contribution in [2.45, 2.75) is 72.3 Å². The maximum Gasteiger partial charge on any atom is 0.354 e. The van der Waals surface area contributed by atoms with E-state index in [1.165, 1.54) is 0 Å². The van der Waals surface area contributed by atoms with Crippen molar-refractivity contribution in [1.29, 1.82) is 0 Å². The van der Waals surface area contributed by atoms with Crippen LogP contribution >= 0.6 is 11.6 Å². The van der Waals surface area contributed by atoms with E-state index in [-0.39, 0.29) is 22.8 Å². The van der Waals surface area contributed by atoms with Gasteiger partial charge < -0.3 is 19.9 Å². The standard InChI is InChI=1S/C19H30ClNO5/c1-9(2)12-7-6-11(5)8-13(12)25-19-16(14(20)18(24)26-19)21-15(10(3)4)17(22)23/h9-13,15,19,21H,6-8H2,1-5H3,(H,22,23)/t11-,12+,13-,15+,19+/m1/s1. The van der Waals surface area contributed by atoms with Crippen LogP contribution in [0.2, 0.25) is 0 Å². The lowest BCUT2D eigenvalue weighted by atomic mass is 9.75. The van der Waals surface area contributed by atoms with Crippen molar-refractivity contribution >= 4 is 23.5 Å². The van der Waals surface area contributed by atoms with Crippen LogP contribution in [0.5, 0.6) is 0 Å². The summed E-state index contributed by atoms with van der Waals surface area (Å²) in [6.07, 6.45) is 2.07. The molecule has 6 nitrogen and oxygen atoms in total. The van der Waals surface area contributed by atoms with Crippen LogP contribution < -0.4 is 5.32 Å². The Morgan fingerprint density at radius 2 is 1.96 bits per heavy atom. The fourth-order valence-electron chi connectivity index (χ4n) is 3.76. The largest absolute Gasteiger partial charge is 0.480 e. The number of rotatable bonds is 7. The van der Waals surface area contributed by atoms with Gasteiger partial charge in [0.15, 0.2) is 5.03 Å². The third kappa shape index (κ3) is 4.71. The minimum absolute atomic E-state index is 0.0572. The Bertz CT molecular complexity index is 574. The monoisotopic (exact) mass is 387 g/mol. The molecule has 0 bridgehead atoms. The van der Waals surface area contributed by atoms with Gasteiger partial charge in [-0.1, -0.05) is 52.6 Å². The number of aliphatic carboxylic acids is 1. The highest BCUT2D eigenvalue weighted by atomic mass is 35.5. The lowest BCUT2D eigenvalue weighted by molar-refractivity contribution is -0.182. The second-order valence-corrected chi connectivity index (χ2v) is 8.55. The van der Waals surface area contributed by atoms with Crippen LogP contribution in [-0.2, 0) is 19.1 Å². The minimum Gasteiger partial charge on any atom is -0.480 e. The first kappa shape index (κ1) is 21.0. The first-order chi connectivity index (χ1) is 12.1. The molecule has 5 atom stereocenters. The van der Waals surface area contributed by atoms with Crippen LogP contribution in [-0.4, -0.2) is 35.5 Å². The second-order valence-electron chi connectivity index (χ2n) is 8.17. The number of halogens is 1. The molecule has 0 radical (unpaired) electrons. The third-order valence-corrected chi connectivity index (χ3v) is 5.73. The predicted molar refractivity (Wildman–Crippen MR) is 98.4 cm³/mol. The van der Waals surface area contributed by atoms with Crippen LogP contribution in [0.1, 0.15) is 53.9 Å². The summed E-state index contributed by atoms with van der Waals surface area (Å²) in [7, 11) is 0. The van der Waals surface area contributed by atoms with Crippen LogP contribution in [0.3, 0.4) is 0 Å². The number of carbonyl (C=O) groups excluding carboxylic acids is 1. The molecule has 0 unspecified atom stereocenters. The molecule has 0 aromatic heterocycles. The van der Waals surface area contributed by atoms with Crippen molar-refractivity contribution in [3.8, 4) is 0 Å². The number of esters is 1. The van der Waals surface area contributed by atoms with Crippen molar-refractivity contribution in [3.05, 3.63) is 10.7 Å². The molecule has 1 heterocycles. The number of hydrogen-bond acceptors (Lipinski definition) is 5. The Labute approximate surface area is 160 Å². The maximum atomic E-state index is 12.0. The van der Waals surface area contributed by atoms with Gasteiger partial charge in [-0.3, -0.25) is 0 Å². The molecule has 0 aromatic carbocycles. The van der Waals surface area contributed by atoms with Gasteiger partial charge in [-0.25, -0.2) is 9.59 Å². The molecular formula is C19H30ClNO5. The number of nitrogens with one attached hydrogen (secondary N) is 1.